The van der Waals surface area contributed by atoms with Gasteiger partial charge in [-0.15, -0.1) is 12.4 Å². The number of benzene rings is 1. The second kappa shape index (κ2) is 9.75. The van der Waals surface area contributed by atoms with Crippen molar-refractivity contribution in [1.82, 2.24) is 10.2 Å². The molecule has 0 aliphatic heterocycles. The van der Waals surface area contributed by atoms with Gasteiger partial charge in [0.05, 0.1) is 6.04 Å². The van der Waals surface area contributed by atoms with Gasteiger partial charge in [0.15, 0.2) is 0 Å². The van der Waals surface area contributed by atoms with Crippen LogP contribution in [0.4, 0.5) is 0 Å². The number of hydrogen-bond acceptors (Lipinski definition) is 3. The second-order valence-corrected chi connectivity index (χ2v) is 4.79. The summed E-state index contributed by atoms with van der Waals surface area (Å²) in [6.45, 7) is 9.58. The van der Waals surface area contributed by atoms with Crippen LogP contribution in [-0.2, 0) is 17.9 Å². The highest BCUT2D eigenvalue weighted by atomic mass is 35.5. The average Bonchev–Trinajstić information content (AvgIpc) is 2.42. The molecule has 0 aliphatic carbocycles. The minimum absolute atomic E-state index is 0. The van der Waals surface area contributed by atoms with Gasteiger partial charge < -0.3 is 11.1 Å². The van der Waals surface area contributed by atoms with Crippen LogP contribution in [0.15, 0.2) is 24.3 Å². The zero-order valence-corrected chi connectivity index (χ0v) is 13.4. The predicted molar refractivity (Wildman–Crippen MR) is 85.8 cm³/mol. The molecule has 0 bridgehead atoms. The fraction of sp³-hybridized carbons (Fsp3) is 0.533. The van der Waals surface area contributed by atoms with E-state index in [1.165, 1.54) is 5.56 Å². The normalized spacial score (nSPS) is 11.8. The number of carbonyl (C=O) groups is 1. The van der Waals surface area contributed by atoms with Gasteiger partial charge in [-0.2, -0.15) is 0 Å². The molecule has 1 unspecified atom stereocenters. The zero-order valence-electron chi connectivity index (χ0n) is 12.6. The molecular formula is C15H26ClN3O. The van der Waals surface area contributed by atoms with Crippen LogP contribution in [0, 0.1) is 0 Å². The first-order chi connectivity index (χ1) is 9.06. The van der Waals surface area contributed by atoms with E-state index in [0.717, 1.165) is 25.2 Å². The number of rotatable bonds is 7. The molecule has 1 aromatic carbocycles. The molecule has 3 N–H and O–H groups in total. The summed E-state index contributed by atoms with van der Waals surface area (Å²) in [5.74, 6) is -0.117. The Morgan fingerprint density at radius 3 is 2.45 bits per heavy atom. The van der Waals surface area contributed by atoms with Crippen LogP contribution in [0.3, 0.4) is 0 Å². The van der Waals surface area contributed by atoms with Crippen LogP contribution in [-0.4, -0.2) is 29.9 Å². The maximum atomic E-state index is 11.4. The number of hydrogen-bond donors (Lipinski definition) is 2. The topological polar surface area (TPSA) is 58.4 Å². The molecule has 0 fully saturated rings. The smallest absolute Gasteiger partial charge is 0.236 e. The Hall–Kier alpha value is -1.10. The monoisotopic (exact) mass is 299 g/mol. The number of nitrogens with one attached hydrogen (secondary N) is 1. The van der Waals surface area contributed by atoms with Crippen LogP contribution >= 0.6 is 12.4 Å². The molecule has 0 spiro atoms. The third-order valence-corrected chi connectivity index (χ3v) is 3.17. The van der Waals surface area contributed by atoms with Crippen molar-refractivity contribution in [3.8, 4) is 0 Å². The Morgan fingerprint density at radius 2 is 1.90 bits per heavy atom. The summed E-state index contributed by atoms with van der Waals surface area (Å²) in [6.07, 6.45) is 0. The van der Waals surface area contributed by atoms with E-state index in [2.05, 4.69) is 36.2 Å². The van der Waals surface area contributed by atoms with Gasteiger partial charge >= 0.3 is 0 Å². The molecule has 0 aromatic heterocycles. The quantitative estimate of drug-likeness (QED) is 0.808. The van der Waals surface area contributed by atoms with Crippen molar-refractivity contribution in [3.05, 3.63) is 35.4 Å². The van der Waals surface area contributed by atoms with Gasteiger partial charge in [-0.1, -0.05) is 38.1 Å². The van der Waals surface area contributed by atoms with Crippen LogP contribution in [0.25, 0.3) is 0 Å². The molecular weight excluding hydrogens is 274 g/mol. The van der Waals surface area contributed by atoms with Crippen LogP contribution in [0.5, 0.6) is 0 Å². The lowest BCUT2D eigenvalue weighted by molar-refractivity contribution is -0.122. The number of amides is 1. The first-order valence-electron chi connectivity index (χ1n) is 6.90. The van der Waals surface area contributed by atoms with Crippen molar-refractivity contribution in [2.45, 2.75) is 39.9 Å². The molecule has 0 saturated carbocycles. The largest absolute Gasteiger partial charge is 0.351 e. The number of nitrogens with two attached hydrogens (primary N) is 1. The van der Waals surface area contributed by atoms with Gasteiger partial charge in [-0.05, 0) is 31.1 Å². The summed E-state index contributed by atoms with van der Waals surface area (Å²) in [5, 5.41) is 2.83. The van der Waals surface area contributed by atoms with E-state index in [1.54, 1.807) is 6.92 Å². The summed E-state index contributed by atoms with van der Waals surface area (Å²) in [4.78, 5) is 13.8. The highest BCUT2D eigenvalue weighted by molar-refractivity contribution is 5.85. The molecule has 0 aliphatic rings. The minimum atomic E-state index is -0.459. The first kappa shape index (κ1) is 18.9. The van der Waals surface area contributed by atoms with Crippen molar-refractivity contribution in [1.29, 1.82) is 0 Å². The summed E-state index contributed by atoms with van der Waals surface area (Å²) in [5.41, 5.74) is 7.90. The Morgan fingerprint density at radius 1 is 1.30 bits per heavy atom. The van der Waals surface area contributed by atoms with E-state index >= 15 is 0 Å². The van der Waals surface area contributed by atoms with Gasteiger partial charge in [0.25, 0.3) is 0 Å². The predicted octanol–water partition coefficient (Wildman–Crippen LogP) is 1.91. The zero-order chi connectivity index (χ0) is 14.3. The second-order valence-electron chi connectivity index (χ2n) is 4.79. The Kier molecular flexibility index (Phi) is 9.21. The third kappa shape index (κ3) is 6.37. The lowest BCUT2D eigenvalue weighted by atomic mass is 10.1. The molecule has 1 aromatic rings. The first-order valence-corrected chi connectivity index (χ1v) is 6.90. The van der Waals surface area contributed by atoms with Gasteiger partial charge in [0, 0.05) is 13.1 Å². The van der Waals surface area contributed by atoms with Crippen LogP contribution < -0.4 is 11.1 Å². The molecule has 1 amide bonds. The van der Waals surface area contributed by atoms with Crippen molar-refractivity contribution in [2.75, 3.05) is 13.1 Å². The SMILES string of the molecule is CCN(CC)Cc1cccc(CNC(=O)C(C)N)c1.Cl. The molecule has 1 atom stereocenters. The lowest BCUT2D eigenvalue weighted by Gasteiger charge is -2.18. The summed E-state index contributed by atoms with van der Waals surface area (Å²) < 4.78 is 0. The van der Waals surface area contributed by atoms with Crippen molar-refractivity contribution >= 4 is 18.3 Å². The van der Waals surface area contributed by atoms with Crippen LogP contribution in [0.2, 0.25) is 0 Å². The van der Waals surface area contributed by atoms with Crippen molar-refractivity contribution in [3.63, 3.8) is 0 Å². The Labute approximate surface area is 128 Å². The summed E-state index contributed by atoms with van der Waals surface area (Å²) in [6, 6.07) is 7.85. The number of nitrogens with zero attached hydrogens (tertiary/aromatic N) is 1. The van der Waals surface area contributed by atoms with E-state index in [4.69, 9.17) is 5.73 Å². The fourth-order valence-electron chi connectivity index (χ4n) is 1.89. The molecule has 0 saturated heterocycles. The fourth-order valence-corrected chi connectivity index (χ4v) is 1.89. The van der Waals surface area contributed by atoms with E-state index in [0.29, 0.717) is 6.54 Å². The minimum Gasteiger partial charge on any atom is -0.351 e. The summed E-state index contributed by atoms with van der Waals surface area (Å²) >= 11 is 0. The van der Waals surface area contributed by atoms with Gasteiger partial charge in [0.2, 0.25) is 5.91 Å². The molecule has 4 nitrogen and oxygen atoms in total. The van der Waals surface area contributed by atoms with Crippen molar-refractivity contribution < 1.29 is 4.79 Å². The molecule has 0 radical (unpaired) electrons. The highest BCUT2D eigenvalue weighted by Gasteiger charge is 2.07. The lowest BCUT2D eigenvalue weighted by Crippen LogP contribution is -2.37. The van der Waals surface area contributed by atoms with Gasteiger partial charge in [-0.3, -0.25) is 9.69 Å². The molecule has 20 heavy (non-hydrogen) atoms. The highest BCUT2D eigenvalue weighted by Crippen LogP contribution is 2.08. The van der Waals surface area contributed by atoms with Gasteiger partial charge in [-0.25, -0.2) is 0 Å². The molecule has 114 valence electrons. The standard InChI is InChI=1S/C15H25N3O.ClH/c1-4-18(5-2)11-14-8-6-7-13(9-14)10-17-15(19)12(3)16;/h6-9,12H,4-5,10-11,16H2,1-3H3,(H,17,19);1H. The van der Waals surface area contributed by atoms with E-state index in [1.807, 2.05) is 12.1 Å². The Balaban J connectivity index is 0.00000361. The average molecular weight is 300 g/mol. The number of carbonyl (C=O) groups excluding carboxylic acids is 1. The maximum absolute atomic E-state index is 11.4. The summed E-state index contributed by atoms with van der Waals surface area (Å²) in [7, 11) is 0. The molecule has 5 heteroatoms. The van der Waals surface area contributed by atoms with Crippen molar-refractivity contribution in [2.24, 2.45) is 5.73 Å². The maximum Gasteiger partial charge on any atom is 0.236 e. The molecule has 1 rings (SSSR count). The van der Waals surface area contributed by atoms with Gasteiger partial charge in [0.1, 0.15) is 0 Å². The molecule has 0 heterocycles. The number of halogens is 1. The Bertz CT molecular complexity index is 406. The van der Waals surface area contributed by atoms with Crippen LogP contribution in [0.1, 0.15) is 31.9 Å². The van der Waals surface area contributed by atoms with E-state index < -0.39 is 6.04 Å². The van der Waals surface area contributed by atoms with E-state index in [-0.39, 0.29) is 18.3 Å². The third-order valence-electron chi connectivity index (χ3n) is 3.17. The van der Waals surface area contributed by atoms with E-state index in [9.17, 15) is 4.79 Å².